The molecule has 4 rings (SSSR count). The minimum atomic E-state index is -3.35. The Morgan fingerprint density at radius 3 is 2.73 bits per heavy atom. The Morgan fingerprint density at radius 2 is 2.03 bits per heavy atom. The van der Waals surface area contributed by atoms with E-state index in [1.165, 1.54) is 29.2 Å². The molecular weight excluding hydrogens is 429 g/mol. The zero-order valence-corrected chi connectivity index (χ0v) is 17.8. The third kappa shape index (κ3) is 3.92. The summed E-state index contributed by atoms with van der Waals surface area (Å²) in [5.74, 6) is -1.85. The van der Waals surface area contributed by atoms with E-state index in [0.29, 0.717) is 15.3 Å². The van der Waals surface area contributed by atoms with Crippen LogP contribution >= 0.6 is 11.3 Å². The molecule has 2 heterocycles. The van der Waals surface area contributed by atoms with Crippen LogP contribution < -0.4 is 10.2 Å². The highest BCUT2D eigenvalue weighted by Crippen LogP contribution is 2.31. The van der Waals surface area contributed by atoms with E-state index >= 15 is 0 Å². The van der Waals surface area contributed by atoms with E-state index < -0.39 is 21.6 Å². The van der Waals surface area contributed by atoms with Gasteiger partial charge >= 0.3 is 0 Å². The number of fused-ring (bicyclic) bond motifs is 1. The zero-order chi connectivity index (χ0) is 21.6. The van der Waals surface area contributed by atoms with Gasteiger partial charge in [-0.15, -0.1) is 0 Å². The molecule has 1 fully saturated rings. The lowest BCUT2D eigenvalue weighted by molar-refractivity contribution is -0.122. The maximum absolute atomic E-state index is 14.2. The fourth-order valence-corrected chi connectivity index (χ4v) is 4.97. The third-order valence-electron chi connectivity index (χ3n) is 4.91. The lowest BCUT2D eigenvalue weighted by Gasteiger charge is -2.17. The van der Waals surface area contributed by atoms with Crippen LogP contribution in [0.5, 0.6) is 0 Å². The van der Waals surface area contributed by atoms with Gasteiger partial charge in [-0.3, -0.25) is 9.59 Å². The van der Waals surface area contributed by atoms with Crippen LogP contribution in [0.3, 0.4) is 0 Å². The Labute approximate surface area is 176 Å². The lowest BCUT2D eigenvalue weighted by atomic mass is 10.1. The van der Waals surface area contributed by atoms with Crippen molar-refractivity contribution in [3.8, 4) is 0 Å². The average Bonchev–Trinajstić information content (AvgIpc) is 3.23. The lowest BCUT2D eigenvalue weighted by Crippen LogP contribution is -2.28. The maximum Gasteiger partial charge on any atom is 0.231 e. The molecule has 1 atom stereocenters. The van der Waals surface area contributed by atoms with E-state index in [-0.39, 0.29) is 35.4 Å². The highest BCUT2D eigenvalue weighted by atomic mass is 32.2. The minimum Gasteiger partial charge on any atom is -0.309 e. The number of rotatable bonds is 4. The average molecular weight is 448 g/mol. The van der Waals surface area contributed by atoms with Gasteiger partial charge in [-0.25, -0.2) is 17.8 Å². The van der Waals surface area contributed by atoms with Gasteiger partial charge in [0.2, 0.25) is 11.8 Å². The summed E-state index contributed by atoms with van der Waals surface area (Å²) in [5.41, 5.74) is 1.47. The number of amides is 2. The molecule has 10 heteroatoms. The molecule has 0 bridgehead atoms. The monoisotopic (exact) mass is 447 g/mol. The number of hydrogen-bond acceptors (Lipinski definition) is 6. The SMILES string of the molecule is Cc1ccc(N2CC(C(=O)Nc3nc4ccc(S(C)(=O)=O)cc4s3)CC2=O)c(F)c1. The van der Waals surface area contributed by atoms with Crippen LogP contribution in [0.4, 0.5) is 15.2 Å². The number of carbonyl (C=O) groups excluding carboxylic acids is 2. The molecule has 0 aliphatic carbocycles. The quantitative estimate of drug-likeness (QED) is 0.663. The first-order chi connectivity index (χ1) is 14.1. The van der Waals surface area contributed by atoms with Crippen LogP contribution in [0.2, 0.25) is 0 Å². The fraction of sp³-hybridized carbons (Fsp3) is 0.250. The summed E-state index contributed by atoms with van der Waals surface area (Å²) < 4.78 is 38.3. The Kier molecular flexibility index (Phi) is 5.07. The first-order valence-electron chi connectivity index (χ1n) is 9.10. The van der Waals surface area contributed by atoms with Crippen LogP contribution in [0, 0.1) is 18.7 Å². The van der Waals surface area contributed by atoms with Gasteiger partial charge in [0, 0.05) is 19.2 Å². The highest BCUT2D eigenvalue weighted by Gasteiger charge is 2.36. The number of halogens is 1. The van der Waals surface area contributed by atoms with E-state index in [2.05, 4.69) is 10.3 Å². The topological polar surface area (TPSA) is 96.4 Å². The van der Waals surface area contributed by atoms with Crippen LogP contribution in [-0.2, 0) is 19.4 Å². The molecule has 1 N–H and O–H groups in total. The van der Waals surface area contributed by atoms with E-state index in [0.717, 1.165) is 23.2 Å². The molecule has 7 nitrogen and oxygen atoms in total. The number of nitrogens with one attached hydrogen (secondary N) is 1. The number of anilines is 2. The molecule has 0 spiro atoms. The van der Waals surface area contributed by atoms with Crippen LogP contribution in [0.25, 0.3) is 10.2 Å². The second-order valence-corrected chi connectivity index (χ2v) is 10.3. The summed E-state index contributed by atoms with van der Waals surface area (Å²) in [4.78, 5) is 30.8. The van der Waals surface area contributed by atoms with Gasteiger partial charge in [0.15, 0.2) is 15.0 Å². The molecule has 3 aromatic rings. The van der Waals surface area contributed by atoms with Crippen LogP contribution in [-0.4, -0.2) is 38.0 Å². The molecule has 0 radical (unpaired) electrons. The number of aromatic nitrogens is 1. The zero-order valence-electron chi connectivity index (χ0n) is 16.2. The van der Waals surface area contributed by atoms with Crippen molar-refractivity contribution in [2.24, 2.45) is 5.92 Å². The predicted molar refractivity (Wildman–Crippen MR) is 113 cm³/mol. The molecule has 0 saturated carbocycles. The van der Waals surface area contributed by atoms with Crippen molar-refractivity contribution in [2.45, 2.75) is 18.2 Å². The maximum atomic E-state index is 14.2. The molecule has 1 aromatic heterocycles. The summed E-state index contributed by atoms with van der Waals surface area (Å²) in [7, 11) is -3.35. The van der Waals surface area contributed by atoms with E-state index in [1.807, 2.05) is 0 Å². The third-order valence-corrected chi connectivity index (χ3v) is 6.95. The second-order valence-electron chi connectivity index (χ2n) is 7.27. The molecule has 2 aromatic carbocycles. The van der Waals surface area contributed by atoms with E-state index in [4.69, 9.17) is 0 Å². The Hall–Kier alpha value is -2.85. The second kappa shape index (κ2) is 7.44. The van der Waals surface area contributed by atoms with Crippen molar-refractivity contribution in [3.63, 3.8) is 0 Å². The van der Waals surface area contributed by atoms with E-state index in [9.17, 15) is 22.4 Å². The van der Waals surface area contributed by atoms with Gasteiger partial charge in [0.05, 0.1) is 26.7 Å². The first-order valence-corrected chi connectivity index (χ1v) is 11.8. The van der Waals surface area contributed by atoms with Crippen molar-refractivity contribution >= 4 is 54.0 Å². The van der Waals surface area contributed by atoms with Crippen molar-refractivity contribution in [2.75, 3.05) is 23.0 Å². The van der Waals surface area contributed by atoms with E-state index in [1.54, 1.807) is 19.1 Å². The van der Waals surface area contributed by atoms with Gasteiger partial charge in [-0.2, -0.15) is 0 Å². The summed E-state index contributed by atoms with van der Waals surface area (Å²) in [6.07, 6.45) is 1.10. The molecule has 2 amide bonds. The number of thiazole rings is 1. The number of sulfone groups is 1. The number of benzene rings is 2. The smallest absolute Gasteiger partial charge is 0.231 e. The number of carbonyl (C=O) groups is 2. The molecule has 30 heavy (non-hydrogen) atoms. The predicted octanol–water partition coefficient (Wildman–Crippen LogP) is 3.14. The van der Waals surface area contributed by atoms with Gasteiger partial charge in [-0.05, 0) is 42.8 Å². The highest BCUT2D eigenvalue weighted by molar-refractivity contribution is 7.90. The largest absolute Gasteiger partial charge is 0.309 e. The van der Waals surface area contributed by atoms with Crippen molar-refractivity contribution in [3.05, 3.63) is 47.8 Å². The van der Waals surface area contributed by atoms with Crippen molar-refractivity contribution in [1.82, 2.24) is 4.98 Å². The normalized spacial score (nSPS) is 17.0. The van der Waals surface area contributed by atoms with Crippen LogP contribution in [0.1, 0.15) is 12.0 Å². The van der Waals surface area contributed by atoms with Gasteiger partial charge in [0.1, 0.15) is 5.82 Å². The van der Waals surface area contributed by atoms with Gasteiger partial charge in [-0.1, -0.05) is 17.4 Å². The number of nitrogens with zero attached hydrogens (tertiary/aromatic N) is 2. The fourth-order valence-electron chi connectivity index (χ4n) is 3.34. The first kappa shape index (κ1) is 20.4. The van der Waals surface area contributed by atoms with Gasteiger partial charge in [0.25, 0.3) is 0 Å². The van der Waals surface area contributed by atoms with Gasteiger partial charge < -0.3 is 10.2 Å². The number of hydrogen-bond donors (Lipinski definition) is 1. The molecule has 156 valence electrons. The molecule has 1 aliphatic rings. The standard InChI is InChI=1S/C20H18FN3O4S2/c1-11-3-6-16(14(21)7-11)24-10-12(8-18(24)25)19(26)23-20-22-15-5-4-13(30(2,27)28)9-17(15)29-20/h3-7,9,12H,8,10H2,1-2H3,(H,22,23,26). The Balaban J connectivity index is 1.51. The summed E-state index contributed by atoms with van der Waals surface area (Å²) in [6, 6.07) is 9.16. The van der Waals surface area contributed by atoms with Crippen molar-refractivity contribution < 1.29 is 22.4 Å². The Bertz CT molecular complexity index is 1290. The molecular formula is C20H18FN3O4S2. The minimum absolute atomic E-state index is 0.0255. The molecule has 1 unspecified atom stereocenters. The summed E-state index contributed by atoms with van der Waals surface area (Å²) >= 11 is 1.15. The number of aryl methyl sites for hydroxylation is 1. The van der Waals surface area contributed by atoms with Crippen molar-refractivity contribution in [1.29, 1.82) is 0 Å². The Morgan fingerprint density at radius 1 is 1.27 bits per heavy atom. The summed E-state index contributed by atoms with van der Waals surface area (Å²) in [5, 5.41) is 3.01. The summed E-state index contributed by atoms with van der Waals surface area (Å²) in [6.45, 7) is 1.83. The molecule has 1 aliphatic heterocycles. The van der Waals surface area contributed by atoms with Crippen LogP contribution in [0.15, 0.2) is 41.3 Å². The molecule has 1 saturated heterocycles.